The minimum atomic E-state index is -4.46. The molecular formula is C13H8F3N3O2. The Hall–Kier alpha value is -2.77. The molecule has 1 heterocycles. The molecule has 3 rings (SSSR count). The molecule has 0 aliphatic carbocycles. The number of fused-ring (bicyclic) bond motifs is 1. The fourth-order valence-electron chi connectivity index (χ4n) is 1.88. The summed E-state index contributed by atoms with van der Waals surface area (Å²) in [6.07, 6.45) is -4.46. The molecular weight excluding hydrogens is 287 g/mol. The van der Waals surface area contributed by atoms with Gasteiger partial charge < -0.3 is 10.2 Å². The van der Waals surface area contributed by atoms with Crippen molar-refractivity contribution in [3.63, 3.8) is 0 Å². The molecule has 0 spiro atoms. The first-order valence-corrected chi connectivity index (χ1v) is 5.81. The van der Waals surface area contributed by atoms with Crippen LogP contribution < -0.4 is 0 Å². The number of aromatic hydroxyl groups is 2. The van der Waals surface area contributed by atoms with E-state index in [4.69, 9.17) is 0 Å². The van der Waals surface area contributed by atoms with Gasteiger partial charge in [-0.1, -0.05) is 0 Å². The van der Waals surface area contributed by atoms with Gasteiger partial charge in [0, 0.05) is 6.07 Å². The van der Waals surface area contributed by atoms with Crippen LogP contribution in [0.1, 0.15) is 5.56 Å². The summed E-state index contributed by atoms with van der Waals surface area (Å²) in [5, 5.41) is 26.8. The fraction of sp³-hybridized carbons (Fsp3) is 0.0769. The van der Waals surface area contributed by atoms with Crippen LogP contribution in [0.4, 0.5) is 13.2 Å². The van der Waals surface area contributed by atoms with Crippen LogP contribution in [0.15, 0.2) is 36.4 Å². The number of hydrogen-bond donors (Lipinski definition) is 2. The summed E-state index contributed by atoms with van der Waals surface area (Å²) < 4.78 is 37.9. The van der Waals surface area contributed by atoms with Crippen LogP contribution in [0, 0.1) is 0 Å². The summed E-state index contributed by atoms with van der Waals surface area (Å²) >= 11 is 0. The van der Waals surface area contributed by atoms with Crippen LogP contribution in [0.5, 0.6) is 11.5 Å². The van der Waals surface area contributed by atoms with Gasteiger partial charge in [-0.15, -0.1) is 15.0 Å². The van der Waals surface area contributed by atoms with Crippen LogP contribution >= 0.6 is 0 Å². The lowest BCUT2D eigenvalue weighted by molar-refractivity contribution is -0.137. The Morgan fingerprint density at radius 1 is 0.905 bits per heavy atom. The zero-order valence-corrected chi connectivity index (χ0v) is 10.3. The molecule has 0 saturated carbocycles. The monoisotopic (exact) mass is 295 g/mol. The largest absolute Gasteiger partial charge is 0.508 e. The van der Waals surface area contributed by atoms with Gasteiger partial charge in [-0.2, -0.15) is 13.2 Å². The zero-order chi connectivity index (χ0) is 15.2. The molecule has 0 unspecified atom stereocenters. The Kier molecular flexibility index (Phi) is 2.75. The number of phenols is 2. The number of rotatable bonds is 1. The molecule has 0 aliphatic rings. The van der Waals surface area contributed by atoms with E-state index >= 15 is 0 Å². The molecule has 5 nitrogen and oxygen atoms in total. The van der Waals surface area contributed by atoms with E-state index < -0.39 is 11.7 Å². The van der Waals surface area contributed by atoms with Gasteiger partial charge in [0.1, 0.15) is 28.2 Å². The highest BCUT2D eigenvalue weighted by Gasteiger charge is 2.30. The van der Waals surface area contributed by atoms with Gasteiger partial charge in [0.2, 0.25) is 0 Å². The third-order valence-electron chi connectivity index (χ3n) is 2.88. The molecule has 0 radical (unpaired) electrons. The number of benzene rings is 2. The first-order valence-electron chi connectivity index (χ1n) is 5.81. The van der Waals surface area contributed by atoms with E-state index in [0.29, 0.717) is 0 Å². The molecule has 0 saturated heterocycles. The van der Waals surface area contributed by atoms with Crippen molar-refractivity contribution in [1.29, 1.82) is 0 Å². The second kappa shape index (κ2) is 4.37. The van der Waals surface area contributed by atoms with Crippen molar-refractivity contribution in [1.82, 2.24) is 15.0 Å². The normalized spacial score (nSPS) is 12.0. The molecule has 0 bridgehead atoms. The van der Waals surface area contributed by atoms with Crippen molar-refractivity contribution in [2.45, 2.75) is 6.18 Å². The number of hydrogen-bond acceptors (Lipinski definition) is 4. The minimum absolute atomic E-state index is 0.0531. The van der Waals surface area contributed by atoms with Crippen LogP contribution in [0.25, 0.3) is 16.7 Å². The van der Waals surface area contributed by atoms with Gasteiger partial charge in [0.05, 0.1) is 5.56 Å². The van der Waals surface area contributed by atoms with E-state index in [2.05, 4.69) is 10.2 Å². The van der Waals surface area contributed by atoms with Crippen molar-refractivity contribution in [3.8, 4) is 17.2 Å². The van der Waals surface area contributed by atoms with Gasteiger partial charge in [-0.3, -0.25) is 0 Å². The Morgan fingerprint density at radius 2 is 1.62 bits per heavy atom. The average molecular weight is 295 g/mol. The van der Waals surface area contributed by atoms with E-state index in [-0.39, 0.29) is 28.2 Å². The molecule has 2 N–H and O–H groups in total. The van der Waals surface area contributed by atoms with Gasteiger partial charge >= 0.3 is 6.18 Å². The fourth-order valence-corrected chi connectivity index (χ4v) is 1.88. The maximum absolute atomic E-state index is 12.6. The highest BCUT2D eigenvalue weighted by atomic mass is 19.4. The molecule has 0 fully saturated rings. The lowest BCUT2D eigenvalue weighted by Gasteiger charge is -2.04. The van der Waals surface area contributed by atoms with Gasteiger partial charge in [0.25, 0.3) is 0 Å². The molecule has 0 aliphatic heterocycles. The molecule has 0 atom stereocenters. The zero-order valence-electron chi connectivity index (χ0n) is 10.3. The van der Waals surface area contributed by atoms with Crippen molar-refractivity contribution >= 4 is 11.0 Å². The molecule has 1 aromatic heterocycles. The molecule has 21 heavy (non-hydrogen) atoms. The number of halogens is 3. The van der Waals surface area contributed by atoms with Crippen molar-refractivity contribution in [2.24, 2.45) is 0 Å². The highest BCUT2D eigenvalue weighted by molar-refractivity contribution is 5.75. The second-order valence-corrected chi connectivity index (χ2v) is 4.36. The summed E-state index contributed by atoms with van der Waals surface area (Å²) in [7, 11) is 0. The number of alkyl halides is 3. The highest BCUT2D eigenvalue weighted by Crippen LogP contribution is 2.31. The van der Waals surface area contributed by atoms with Gasteiger partial charge in [0.15, 0.2) is 0 Å². The standard InChI is InChI=1S/C13H8F3N3O2/c14-13(15,16)7-1-3-9-10(5-7)18-19(17-9)11-4-2-8(20)6-12(11)21/h1-6,20-21H. The SMILES string of the molecule is Oc1ccc(-n2nc3ccc(C(F)(F)F)cc3n2)c(O)c1. The van der Waals surface area contributed by atoms with Crippen LogP contribution in [-0.4, -0.2) is 25.2 Å². The summed E-state index contributed by atoms with van der Waals surface area (Å²) in [5.74, 6) is -0.432. The smallest absolute Gasteiger partial charge is 0.416 e. The minimum Gasteiger partial charge on any atom is -0.508 e. The first-order chi connectivity index (χ1) is 9.84. The molecule has 0 amide bonds. The third kappa shape index (κ3) is 2.35. The summed E-state index contributed by atoms with van der Waals surface area (Å²) in [6.45, 7) is 0. The topological polar surface area (TPSA) is 71.2 Å². The van der Waals surface area contributed by atoms with E-state index in [1.54, 1.807) is 0 Å². The van der Waals surface area contributed by atoms with E-state index in [0.717, 1.165) is 23.0 Å². The Balaban J connectivity index is 2.13. The maximum atomic E-state index is 12.6. The predicted molar refractivity (Wildman–Crippen MR) is 67.2 cm³/mol. The Morgan fingerprint density at radius 3 is 2.29 bits per heavy atom. The van der Waals surface area contributed by atoms with E-state index in [1.807, 2.05) is 0 Å². The summed E-state index contributed by atoms with van der Waals surface area (Å²) in [6, 6.07) is 6.76. The Labute approximate surface area is 115 Å². The van der Waals surface area contributed by atoms with E-state index in [1.165, 1.54) is 18.2 Å². The van der Waals surface area contributed by atoms with Crippen molar-refractivity contribution in [3.05, 3.63) is 42.0 Å². The molecule has 8 heteroatoms. The quantitative estimate of drug-likeness (QED) is 0.724. The first kappa shape index (κ1) is 13.2. The summed E-state index contributed by atoms with van der Waals surface area (Å²) in [5.41, 5.74) is -0.359. The average Bonchev–Trinajstić information content (AvgIpc) is 2.79. The number of phenolic OH excluding ortho intramolecular Hbond substituents is 2. The summed E-state index contributed by atoms with van der Waals surface area (Å²) in [4.78, 5) is 1.01. The van der Waals surface area contributed by atoms with Crippen LogP contribution in [0.2, 0.25) is 0 Å². The number of nitrogens with zero attached hydrogens (tertiary/aromatic N) is 3. The van der Waals surface area contributed by atoms with E-state index in [9.17, 15) is 23.4 Å². The van der Waals surface area contributed by atoms with Crippen molar-refractivity contribution < 1.29 is 23.4 Å². The number of aromatic nitrogens is 3. The van der Waals surface area contributed by atoms with Gasteiger partial charge in [-0.05, 0) is 30.3 Å². The van der Waals surface area contributed by atoms with Gasteiger partial charge in [-0.25, -0.2) is 0 Å². The molecule has 108 valence electrons. The Bertz CT molecular complexity index is 827. The predicted octanol–water partition coefficient (Wildman–Crippen LogP) is 2.85. The van der Waals surface area contributed by atoms with Crippen LogP contribution in [-0.2, 0) is 6.18 Å². The lowest BCUT2D eigenvalue weighted by atomic mass is 10.2. The lowest BCUT2D eigenvalue weighted by Crippen LogP contribution is -2.04. The second-order valence-electron chi connectivity index (χ2n) is 4.36. The maximum Gasteiger partial charge on any atom is 0.416 e. The third-order valence-corrected chi connectivity index (χ3v) is 2.88. The molecule has 3 aromatic rings. The van der Waals surface area contributed by atoms with Crippen molar-refractivity contribution in [2.75, 3.05) is 0 Å². The van der Waals surface area contributed by atoms with Crippen LogP contribution in [0.3, 0.4) is 0 Å². The molecule has 2 aromatic carbocycles.